The van der Waals surface area contributed by atoms with Gasteiger partial charge in [-0.3, -0.25) is 10.1 Å². The van der Waals surface area contributed by atoms with Gasteiger partial charge in [-0.1, -0.05) is 11.6 Å². The number of amides is 2. The van der Waals surface area contributed by atoms with Gasteiger partial charge < -0.3 is 19.4 Å². The van der Waals surface area contributed by atoms with Crippen LogP contribution in [0.5, 0.6) is 0 Å². The lowest BCUT2D eigenvalue weighted by Gasteiger charge is -2.19. The number of rotatable bonds is 6. The van der Waals surface area contributed by atoms with Crippen LogP contribution in [-0.4, -0.2) is 55.0 Å². The van der Waals surface area contributed by atoms with E-state index in [4.69, 9.17) is 16.3 Å². The number of hydrogen-bond acceptors (Lipinski definition) is 8. The molecule has 43 heavy (non-hydrogen) atoms. The van der Waals surface area contributed by atoms with Crippen LogP contribution >= 0.6 is 11.6 Å². The van der Waals surface area contributed by atoms with Gasteiger partial charge in [0.1, 0.15) is 11.4 Å². The topological polar surface area (TPSA) is 142 Å². The highest BCUT2D eigenvalue weighted by Gasteiger charge is 2.39. The summed E-state index contributed by atoms with van der Waals surface area (Å²) in [4.78, 5) is 44.7. The summed E-state index contributed by atoms with van der Waals surface area (Å²) in [5.41, 5.74) is -1.87. The first-order valence-corrected chi connectivity index (χ1v) is 12.8. The maximum Gasteiger partial charge on any atom is 0.435 e. The van der Waals surface area contributed by atoms with E-state index >= 15 is 0 Å². The first-order chi connectivity index (χ1) is 20.1. The standard InChI is InChI=1S/C27H25ClF3N7O5/c1-26(2,3)43-25(41)35-20-9-7-15(11-32-20)38-13-17(21(36-38)27(29,30)31)19-12-33-22(37(19)4)23(39)34-14-6-8-16(18(28)10-14)24(40)42-5/h6-13H,1-5H3,(H,34,39)(H,32,35,41). The minimum Gasteiger partial charge on any atom is -0.465 e. The van der Waals surface area contributed by atoms with Crippen LogP contribution in [0.4, 0.5) is 29.5 Å². The number of pyridine rings is 1. The maximum absolute atomic E-state index is 14.0. The van der Waals surface area contributed by atoms with Crippen LogP contribution in [-0.2, 0) is 22.7 Å². The number of esters is 1. The highest BCUT2D eigenvalue weighted by Crippen LogP contribution is 2.37. The zero-order chi connectivity index (χ0) is 31.7. The second kappa shape index (κ2) is 11.8. The summed E-state index contributed by atoms with van der Waals surface area (Å²) < 4.78 is 54.1. The minimum atomic E-state index is -4.85. The van der Waals surface area contributed by atoms with Gasteiger partial charge in [-0.05, 0) is 51.1 Å². The number of anilines is 2. The van der Waals surface area contributed by atoms with Crippen LogP contribution < -0.4 is 10.6 Å². The van der Waals surface area contributed by atoms with Crippen LogP contribution in [0.1, 0.15) is 47.4 Å². The zero-order valence-corrected chi connectivity index (χ0v) is 24.2. The van der Waals surface area contributed by atoms with Crippen molar-refractivity contribution in [1.29, 1.82) is 0 Å². The molecule has 0 unspecified atom stereocenters. The highest BCUT2D eigenvalue weighted by molar-refractivity contribution is 6.34. The molecule has 0 spiro atoms. The van der Waals surface area contributed by atoms with Gasteiger partial charge in [0.05, 0.1) is 47.0 Å². The van der Waals surface area contributed by atoms with Gasteiger partial charge in [0.25, 0.3) is 5.91 Å². The van der Waals surface area contributed by atoms with Crippen molar-refractivity contribution in [1.82, 2.24) is 24.3 Å². The Morgan fingerprint density at radius 2 is 1.72 bits per heavy atom. The van der Waals surface area contributed by atoms with Crippen molar-refractivity contribution in [2.45, 2.75) is 32.5 Å². The molecular weight excluding hydrogens is 595 g/mol. The van der Waals surface area contributed by atoms with E-state index in [0.717, 1.165) is 17.1 Å². The van der Waals surface area contributed by atoms with Crippen LogP contribution in [0.15, 0.2) is 48.9 Å². The number of aromatic nitrogens is 5. The molecule has 0 atom stereocenters. The van der Waals surface area contributed by atoms with Crippen molar-refractivity contribution in [2.75, 3.05) is 17.7 Å². The average Bonchev–Trinajstić information content (AvgIpc) is 3.51. The number of carbonyl (C=O) groups excluding carboxylic acids is 3. The molecule has 4 aromatic rings. The van der Waals surface area contributed by atoms with E-state index < -0.39 is 35.4 Å². The molecule has 0 fully saturated rings. The molecule has 4 rings (SSSR count). The molecule has 0 saturated heterocycles. The van der Waals surface area contributed by atoms with Gasteiger partial charge >= 0.3 is 18.2 Å². The monoisotopic (exact) mass is 619 g/mol. The third kappa shape index (κ3) is 7.12. The van der Waals surface area contributed by atoms with Crippen LogP contribution in [0.2, 0.25) is 5.02 Å². The average molecular weight is 620 g/mol. The van der Waals surface area contributed by atoms with Gasteiger partial charge in [-0.15, -0.1) is 0 Å². The summed E-state index contributed by atoms with van der Waals surface area (Å²) in [5, 5.41) is 8.72. The number of imidazole rings is 1. The van der Waals surface area contributed by atoms with Crippen LogP contribution in [0, 0.1) is 0 Å². The molecule has 2 N–H and O–H groups in total. The Morgan fingerprint density at radius 3 is 2.30 bits per heavy atom. The number of benzene rings is 1. The molecule has 2 amide bonds. The van der Waals surface area contributed by atoms with Crippen molar-refractivity contribution in [3.63, 3.8) is 0 Å². The lowest BCUT2D eigenvalue weighted by Crippen LogP contribution is -2.27. The number of alkyl halides is 3. The van der Waals surface area contributed by atoms with Crippen molar-refractivity contribution in [3.8, 4) is 16.9 Å². The quantitative estimate of drug-likeness (QED) is 0.261. The highest BCUT2D eigenvalue weighted by atomic mass is 35.5. The van der Waals surface area contributed by atoms with Crippen molar-refractivity contribution in [3.05, 3.63) is 71.0 Å². The summed E-state index contributed by atoms with van der Waals surface area (Å²) in [7, 11) is 2.57. The Morgan fingerprint density at radius 1 is 1.00 bits per heavy atom. The van der Waals surface area contributed by atoms with Gasteiger partial charge in [0, 0.05) is 18.9 Å². The molecule has 3 aromatic heterocycles. The van der Waals surface area contributed by atoms with E-state index in [1.807, 2.05) is 0 Å². The molecule has 0 aliphatic rings. The summed E-state index contributed by atoms with van der Waals surface area (Å²) in [6.45, 7) is 5.07. The number of halogens is 4. The molecule has 12 nitrogen and oxygen atoms in total. The first kappa shape index (κ1) is 31.0. The molecule has 1 aromatic carbocycles. The lowest BCUT2D eigenvalue weighted by molar-refractivity contribution is -0.140. The summed E-state index contributed by atoms with van der Waals surface area (Å²) in [6, 6.07) is 6.88. The number of nitrogens with zero attached hydrogens (tertiary/aromatic N) is 5. The number of ether oxygens (including phenoxy) is 2. The second-order valence-electron chi connectivity index (χ2n) is 10.0. The third-order valence-corrected chi connectivity index (χ3v) is 6.04. The zero-order valence-electron chi connectivity index (χ0n) is 23.4. The number of hydrogen-bond donors (Lipinski definition) is 2. The molecule has 0 aliphatic heterocycles. The van der Waals surface area contributed by atoms with Crippen molar-refractivity contribution < 1.29 is 37.0 Å². The molecule has 226 valence electrons. The molecule has 0 aliphatic carbocycles. The first-order valence-electron chi connectivity index (χ1n) is 12.4. The Kier molecular flexibility index (Phi) is 8.48. The predicted octanol–water partition coefficient (Wildman–Crippen LogP) is 5.73. The molecule has 0 radical (unpaired) electrons. The maximum atomic E-state index is 14.0. The number of nitrogens with one attached hydrogen (secondary N) is 2. The van der Waals surface area contributed by atoms with E-state index in [0.29, 0.717) is 0 Å². The van der Waals surface area contributed by atoms with Crippen molar-refractivity contribution >= 4 is 41.1 Å². The Bertz CT molecular complexity index is 1690. The van der Waals surface area contributed by atoms with E-state index in [-0.39, 0.29) is 44.9 Å². The molecule has 3 heterocycles. The molecule has 0 saturated carbocycles. The fourth-order valence-electron chi connectivity index (χ4n) is 3.83. The smallest absolute Gasteiger partial charge is 0.435 e. The molecule has 16 heteroatoms. The van der Waals surface area contributed by atoms with Gasteiger partial charge in [-0.25, -0.2) is 24.2 Å². The van der Waals surface area contributed by atoms with Gasteiger partial charge in [-0.2, -0.15) is 18.3 Å². The Balaban J connectivity index is 1.60. The van der Waals surface area contributed by atoms with Crippen LogP contribution in [0.25, 0.3) is 16.9 Å². The number of carbonyl (C=O) groups is 3. The van der Waals surface area contributed by atoms with E-state index in [9.17, 15) is 27.6 Å². The second-order valence-corrected chi connectivity index (χ2v) is 10.4. The predicted molar refractivity (Wildman–Crippen MR) is 149 cm³/mol. The van der Waals surface area contributed by atoms with Crippen LogP contribution in [0.3, 0.4) is 0 Å². The summed E-state index contributed by atoms with van der Waals surface area (Å²) >= 11 is 6.10. The summed E-state index contributed by atoms with van der Waals surface area (Å²) in [6.07, 6.45) is -2.12. The number of methoxy groups -OCH3 is 1. The Hall–Kier alpha value is -4.92. The fourth-order valence-corrected chi connectivity index (χ4v) is 4.09. The van der Waals surface area contributed by atoms with Gasteiger partial charge in [0.2, 0.25) is 0 Å². The normalized spacial score (nSPS) is 11.7. The third-order valence-electron chi connectivity index (χ3n) is 5.72. The summed E-state index contributed by atoms with van der Waals surface area (Å²) in [5.74, 6) is -1.50. The van der Waals surface area contributed by atoms with E-state index in [1.54, 1.807) is 20.8 Å². The lowest BCUT2D eigenvalue weighted by atomic mass is 10.2. The fraction of sp³-hybridized carbons (Fsp3) is 0.259. The minimum absolute atomic E-state index is 0.0237. The SMILES string of the molecule is COC(=O)c1ccc(NC(=O)c2ncc(-c3cn(-c4ccc(NC(=O)OC(C)(C)C)nc4)nc3C(F)(F)F)n2C)cc1Cl. The Labute approximate surface area is 247 Å². The molecular formula is C27H25ClF3N7O5. The largest absolute Gasteiger partial charge is 0.465 e. The molecule has 0 bridgehead atoms. The van der Waals surface area contributed by atoms with E-state index in [1.165, 1.54) is 55.3 Å². The van der Waals surface area contributed by atoms with Crippen molar-refractivity contribution in [2.24, 2.45) is 7.05 Å². The van der Waals surface area contributed by atoms with Gasteiger partial charge in [0.15, 0.2) is 11.5 Å². The van der Waals surface area contributed by atoms with E-state index in [2.05, 4.69) is 30.4 Å².